The number of thiophene rings is 2. The van der Waals surface area contributed by atoms with Crippen molar-refractivity contribution in [3.8, 4) is 51.6 Å². The van der Waals surface area contributed by atoms with Crippen LogP contribution in [0.25, 0.3) is 73.7 Å². The zero-order valence-corrected chi connectivity index (χ0v) is 24.8. The van der Waals surface area contributed by atoms with Gasteiger partial charge >= 0.3 is 0 Å². The number of rotatable bonds is 3. The molecular weight excluding hydrogens is 575 g/mol. The second kappa shape index (κ2) is 10.2. The minimum absolute atomic E-state index is 0.420. The lowest BCUT2D eigenvalue weighted by atomic mass is 9.84. The molecule has 0 bridgehead atoms. The van der Waals surface area contributed by atoms with Crippen molar-refractivity contribution in [1.29, 1.82) is 15.8 Å². The van der Waals surface area contributed by atoms with E-state index in [1.807, 2.05) is 48.5 Å². The third-order valence-electron chi connectivity index (χ3n) is 8.23. The zero-order valence-electron chi connectivity index (χ0n) is 23.1. The third kappa shape index (κ3) is 3.84. The molecule has 44 heavy (non-hydrogen) atoms. The molecule has 2 heterocycles. The smallest absolute Gasteiger partial charge is 0.100 e. The van der Waals surface area contributed by atoms with Gasteiger partial charge in [-0.25, -0.2) is 0 Å². The highest BCUT2D eigenvalue weighted by molar-refractivity contribution is 7.26. The number of nitriles is 3. The fourth-order valence-corrected chi connectivity index (χ4v) is 8.64. The van der Waals surface area contributed by atoms with Crippen molar-refractivity contribution in [2.45, 2.75) is 0 Å². The van der Waals surface area contributed by atoms with Crippen molar-refractivity contribution in [3.63, 3.8) is 0 Å². The minimum atomic E-state index is 0.420. The Balaban J connectivity index is 1.56. The molecule has 0 fully saturated rings. The Bertz CT molecular complexity index is 2430. The molecule has 202 valence electrons. The highest BCUT2D eigenvalue weighted by Gasteiger charge is 2.22. The van der Waals surface area contributed by atoms with Crippen LogP contribution < -0.4 is 0 Å². The van der Waals surface area contributed by atoms with Crippen molar-refractivity contribution in [1.82, 2.24) is 0 Å². The average Bonchev–Trinajstić information content (AvgIpc) is 3.66. The van der Waals surface area contributed by atoms with Gasteiger partial charge in [0.15, 0.2) is 0 Å². The maximum absolute atomic E-state index is 10.9. The van der Waals surface area contributed by atoms with Crippen LogP contribution in [0.3, 0.4) is 0 Å². The Kier molecular flexibility index (Phi) is 6.00. The van der Waals surface area contributed by atoms with Crippen molar-refractivity contribution in [2.75, 3.05) is 0 Å². The van der Waals surface area contributed by atoms with Gasteiger partial charge in [0.1, 0.15) is 6.07 Å². The van der Waals surface area contributed by atoms with Gasteiger partial charge in [0.2, 0.25) is 0 Å². The summed E-state index contributed by atoms with van der Waals surface area (Å²) in [5.74, 6) is 0. The quantitative estimate of drug-likeness (QED) is 0.205. The van der Waals surface area contributed by atoms with Gasteiger partial charge in [0.25, 0.3) is 0 Å². The van der Waals surface area contributed by atoms with Crippen LogP contribution in [0.4, 0.5) is 0 Å². The van der Waals surface area contributed by atoms with Gasteiger partial charge in [0.05, 0.1) is 28.8 Å². The summed E-state index contributed by atoms with van der Waals surface area (Å²) in [5, 5.41) is 35.6. The molecule has 8 aromatic rings. The summed E-state index contributed by atoms with van der Waals surface area (Å²) in [7, 11) is 0. The van der Waals surface area contributed by atoms with Crippen LogP contribution in [-0.2, 0) is 0 Å². The van der Waals surface area contributed by atoms with E-state index < -0.39 is 0 Å². The van der Waals surface area contributed by atoms with Crippen LogP contribution in [0.5, 0.6) is 0 Å². The fraction of sp³-hybridized carbons (Fsp3) is 0. The van der Waals surface area contributed by atoms with E-state index in [1.54, 1.807) is 40.9 Å². The van der Waals surface area contributed by atoms with Crippen LogP contribution in [0.15, 0.2) is 115 Å². The topological polar surface area (TPSA) is 71.4 Å². The van der Waals surface area contributed by atoms with Gasteiger partial charge in [-0.15, -0.1) is 22.7 Å². The lowest BCUT2D eigenvalue weighted by molar-refractivity contribution is 1.43. The summed E-state index contributed by atoms with van der Waals surface area (Å²) in [6, 6.07) is 45.6. The first kappa shape index (κ1) is 25.9. The first-order chi connectivity index (χ1) is 21.7. The van der Waals surface area contributed by atoms with Crippen LogP contribution >= 0.6 is 22.7 Å². The van der Waals surface area contributed by atoms with Gasteiger partial charge in [-0.2, -0.15) is 15.8 Å². The molecule has 5 heteroatoms. The molecule has 2 aromatic heterocycles. The molecule has 0 atom stereocenters. The molecule has 0 spiro atoms. The summed E-state index contributed by atoms with van der Waals surface area (Å²) in [6.45, 7) is 0. The Morgan fingerprint density at radius 1 is 0.432 bits per heavy atom. The average molecular weight is 594 g/mol. The lowest BCUT2D eigenvalue weighted by Crippen LogP contribution is -1.96. The highest BCUT2D eigenvalue weighted by atomic mass is 32.1. The molecule has 0 aliphatic rings. The van der Waals surface area contributed by atoms with Crippen LogP contribution in [0, 0.1) is 34.0 Å². The summed E-state index contributed by atoms with van der Waals surface area (Å²) >= 11 is 3.47. The largest absolute Gasteiger partial charge is 0.192 e. The van der Waals surface area contributed by atoms with E-state index in [1.165, 1.54) is 9.40 Å². The number of hydrogen-bond acceptors (Lipinski definition) is 5. The van der Waals surface area contributed by atoms with Crippen molar-refractivity contribution in [3.05, 3.63) is 132 Å². The Morgan fingerprint density at radius 2 is 0.886 bits per heavy atom. The summed E-state index contributed by atoms with van der Waals surface area (Å²) in [4.78, 5) is 0. The predicted molar refractivity (Wildman–Crippen MR) is 183 cm³/mol. The molecule has 0 radical (unpaired) electrons. The van der Waals surface area contributed by atoms with Crippen LogP contribution in [-0.4, -0.2) is 0 Å². The van der Waals surface area contributed by atoms with Crippen molar-refractivity contribution >= 4 is 63.0 Å². The van der Waals surface area contributed by atoms with Crippen molar-refractivity contribution in [2.24, 2.45) is 0 Å². The number of nitrogens with zero attached hydrogens (tertiary/aromatic N) is 3. The molecule has 0 amide bonds. The Morgan fingerprint density at radius 3 is 1.36 bits per heavy atom. The second-order valence-electron chi connectivity index (χ2n) is 10.6. The Labute approximate surface area is 261 Å². The van der Waals surface area contributed by atoms with Crippen molar-refractivity contribution < 1.29 is 0 Å². The molecular formula is C39H19N3S2. The SMILES string of the molecule is N#Cc1cccc(C#N)c1-c1cc(-c2cccc3sc4ccccc4c23)c(C#N)c(-c2cccc3sc4ccccc4c23)c1. The van der Waals surface area contributed by atoms with E-state index in [-0.39, 0.29) is 0 Å². The van der Waals surface area contributed by atoms with E-state index in [0.29, 0.717) is 22.3 Å². The van der Waals surface area contributed by atoms with E-state index >= 15 is 0 Å². The first-order valence-electron chi connectivity index (χ1n) is 14.0. The van der Waals surface area contributed by atoms with Crippen LogP contribution in [0.1, 0.15) is 16.7 Å². The second-order valence-corrected chi connectivity index (χ2v) is 12.7. The number of fused-ring (bicyclic) bond motifs is 6. The molecule has 3 nitrogen and oxygen atoms in total. The van der Waals surface area contributed by atoms with E-state index in [0.717, 1.165) is 58.8 Å². The van der Waals surface area contributed by atoms with Gasteiger partial charge in [-0.1, -0.05) is 66.7 Å². The maximum atomic E-state index is 10.9. The van der Waals surface area contributed by atoms with E-state index in [9.17, 15) is 15.8 Å². The standard InChI is InChI=1S/C39H19N3S2/c40-20-23-8-5-9-24(21-41)37(23)25-18-30(26-12-6-16-35-38(26)28-10-1-3-14-33(28)43-35)32(22-42)31(19-25)27-13-7-17-36-39(27)29-11-2-4-15-34(29)44-36/h1-19H. The first-order valence-corrected chi connectivity index (χ1v) is 15.7. The molecule has 0 N–H and O–H groups in total. The monoisotopic (exact) mass is 593 g/mol. The fourth-order valence-electron chi connectivity index (χ4n) is 6.38. The van der Waals surface area contributed by atoms with Gasteiger partial charge in [-0.05, 0) is 65.2 Å². The Hall–Kier alpha value is -5.77. The van der Waals surface area contributed by atoms with Gasteiger partial charge in [-0.3, -0.25) is 0 Å². The molecule has 0 saturated heterocycles. The number of hydrogen-bond donors (Lipinski definition) is 0. The molecule has 0 saturated carbocycles. The van der Waals surface area contributed by atoms with E-state index in [2.05, 4.69) is 66.7 Å². The molecule has 0 aliphatic carbocycles. The minimum Gasteiger partial charge on any atom is -0.192 e. The summed E-state index contributed by atoms with van der Waals surface area (Å²) < 4.78 is 4.64. The summed E-state index contributed by atoms with van der Waals surface area (Å²) in [5.41, 5.74) is 6.18. The van der Waals surface area contributed by atoms with Gasteiger partial charge < -0.3 is 0 Å². The highest BCUT2D eigenvalue weighted by Crippen LogP contribution is 2.47. The normalized spacial score (nSPS) is 11.1. The summed E-state index contributed by atoms with van der Waals surface area (Å²) in [6.07, 6.45) is 0. The predicted octanol–water partition coefficient (Wildman–Crippen LogP) is 11.0. The molecule has 8 rings (SSSR count). The van der Waals surface area contributed by atoms with Crippen LogP contribution in [0.2, 0.25) is 0 Å². The third-order valence-corrected chi connectivity index (χ3v) is 10.5. The molecule has 0 aliphatic heterocycles. The van der Waals surface area contributed by atoms with Gasteiger partial charge in [0, 0.05) is 57.0 Å². The lowest BCUT2D eigenvalue weighted by Gasteiger charge is -2.17. The maximum Gasteiger partial charge on any atom is 0.100 e. The zero-order chi connectivity index (χ0) is 29.8. The molecule has 0 unspecified atom stereocenters. The van der Waals surface area contributed by atoms with E-state index in [4.69, 9.17) is 0 Å². The molecule has 6 aromatic carbocycles. The number of benzene rings is 6.